The number of hydrogen-bond acceptors (Lipinski definition) is 2. The Kier molecular flexibility index (Phi) is 8.31. The van der Waals surface area contributed by atoms with Crippen molar-refractivity contribution in [1.82, 2.24) is 0 Å². The lowest BCUT2D eigenvalue weighted by Gasteiger charge is -1.96. The smallest absolute Gasteiger partial charge is 0.0462 e. The van der Waals surface area contributed by atoms with Crippen molar-refractivity contribution < 1.29 is 4.74 Å². The molecule has 2 heteroatoms. The van der Waals surface area contributed by atoms with Crippen LogP contribution in [0.4, 0.5) is 0 Å². The van der Waals surface area contributed by atoms with Crippen molar-refractivity contribution >= 4 is 6.21 Å². The van der Waals surface area contributed by atoms with Crippen molar-refractivity contribution in [3.8, 4) is 0 Å². The van der Waals surface area contributed by atoms with Crippen molar-refractivity contribution in [2.75, 3.05) is 20.3 Å². The average molecular weight is 143 g/mol. The van der Waals surface area contributed by atoms with Gasteiger partial charge in [0.1, 0.15) is 0 Å². The van der Waals surface area contributed by atoms with Crippen molar-refractivity contribution in [3.05, 3.63) is 0 Å². The largest absolute Gasteiger partial charge is 0.385 e. The first-order chi connectivity index (χ1) is 4.91. The second-order valence-corrected chi connectivity index (χ2v) is 2.22. The number of nitrogens with zero attached hydrogens (tertiary/aromatic N) is 1. The van der Waals surface area contributed by atoms with Gasteiger partial charge in [-0.3, -0.25) is 4.99 Å². The van der Waals surface area contributed by atoms with E-state index in [0.29, 0.717) is 0 Å². The van der Waals surface area contributed by atoms with Crippen LogP contribution in [-0.4, -0.2) is 26.5 Å². The third kappa shape index (κ3) is 7.63. The molecule has 10 heavy (non-hydrogen) atoms. The van der Waals surface area contributed by atoms with E-state index in [-0.39, 0.29) is 0 Å². The van der Waals surface area contributed by atoms with Crippen molar-refractivity contribution in [2.45, 2.75) is 26.2 Å². The third-order valence-electron chi connectivity index (χ3n) is 1.32. The van der Waals surface area contributed by atoms with Crippen LogP contribution in [0.5, 0.6) is 0 Å². The summed E-state index contributed by atoms with van der Waals surface area (Å²) in [6.07, 6.45) is 5.44. The Hall–Kier alpha value is -0.370. The maximum absolute atomic E-state index is 4.91. The Bertz CT molecular complexity index is 81.3. The Morgan fingerprint density at radius 3 is 2.70 bits per heavy atom. The molecule has 0 amide bonds. The fourth-order valence-electron chi connectivity index (χ4n) is 0.755. The minimum Gasteiger partial charge on any atom is -0.385 e. The third-order valence-corrected chi connectivity index (χ3v) is 1.32. The Morgan fingerprint density at radius 2 is 2.10 bits per heavy atom. The monoisotopic (exact) mass is 143 g/mol. The molecule has 0 heterocycles. The standard InChI is InChI=1S/C8H17NO/c1-3-9-7-5-4-6-8-10-2/h3H,4-8H2,1-2H3. The average Bonchev–Trinajstić information content (AvgIpc) is 1.97. The highest BCUT2D eigenvalue weighted by atomic mass is 16.5. The highest BCUT2D eigenvalue weighted by Gasteiger charge is 1.85. The molecule has 0 saturated carbocycles. The van der Waals surface area contributed by atoms with E-state index in [1.807, 2.05) is 13.1 Å². The molecule has 0 atom stereocenters. The van der Waals surface area contributed by atoms with Crippen LogP contribution in [0.25, 0.3) is 0 Å². The maximum Gasteiger partial charge on any atom is 0.0462 e. The van der Waals surface area contributed by atoms with E-state index in [9.17, 15) is 0 Å². The second kappa shape index (κ2) is 8.63. The Morgan fingerprint density at radius 1 is 1.30 bits per heavy atom. The van der Waals surface area contributed by atoms with Gasteiger partial charge in [-0.15, -0.1) is 0 Å². The number of rotatable bonds is 6. The first kappa shape index (κ1) is 9.63. The summed E-state index contributed by atoms with van der Waals surface area (Å²) in [4.78, 5) is 4.10. The summed E-state index contributed by atoms with van der Waals surface area (Å²) in [6, 6.07) is 0. The van der Waals surface area contributed by atoms with Gasteiger partial charge in [0.2, 0.25) is 0 Å². The fraction of sp³-hybridized carbons (Fsp3) is 0.875. The van der Waals surface area contributed by atoms with Gasteiger partial charge in [0.25, 0.3) is 0 Å². The number of aliphatic imine (C=N–C) groups is 1. The molecule has 2 nitrogen and oxygen atoms in total. The summed E-state index contributed by atoms with van der Waals surface area (Å²) in [5.74, 6) is 0. The molecule has 0 saturated heterocycles. The molecular weight excluding hydrogens is 126 g/mol. The molecule has 0 aliphatic heterocycles. The minimum absolute atomic E-state index is 0.885. The van der Waals surface area contributed by atoms with Crippen LogP contribution in [0.15, 0.2) is 4.99 Å². The Labute approximate surface area is 63.3 Å². The van der Waals surface area contributed by atoms with Crippen molar-refractivity contribution in [3.63, 3.8) is 0 Å². The summed E-state index contributed by atoms with van der Waals surface area (Å²) in [5.41, 5.74) is 0. The van der Waals surface area contributed by atoms with Gasteiger partial charge in [-0.25, -0.2) is 0 Å². The normalized spacial score (nSPS) is 11.0. The van der Waals surface area contributed by atoms with Gasteiger partial charge >= 0.3 is 0 Å². The lowest BCUT2D eigenvalue weighted by molar-refractivity contribution is 0.192. The van der Waals surface area contributed by atoms with Gasteiger partial charge in [-0.1, -0.05) is 0 Å². The molecule has 0 aromatic rings. The molecule has 0 rings (SSSR count). The minimum atomic E-state index is 0.885. The molecule has 0 aromatic heterocycles. The van der Waals surface area contributed by atoms with Crippen LogP contribution in [0.2, 0.25) is 0 Å². The van der Waals surface area contributed by atoms with Crippen molar-refractivity contribution in [1.29, 1.82) is 0 Å². The zero-order valence-corrected chi connectivity index (χ0v) is 6.97. The molecule has 0 aliphatic carbocycles. The predicted molar refractivity (Wildman–Crippen MR) is 44.8 cm³/mol. The van der Waals surface area contributed by atoms with Crippen LogP contribution < -0.4 is 0 Å². The molecular formula is C8H17NO. The number of unbranched alkanes of at least 4 members (excludes halogenated alkanes) is 2. The van der Waals surface area contributed by atoms with E-state index in [1.165, 1.54) is 12.8 Å². The van der Waals surface area contributed by atoms with Crippen LogP contribution in [0.1, 0.15) is 26.2 Å². The zero-order valence-electron chi connectivity index (χ0n) is 6.97. The first-order valence-electron chi connectivity index (χ1n) is 3.85. The Balaban J connectivity index is 2.77. The van der Waals surface area contributed by atoms with E-state index >= 15 is 0 Å². The number of ether oxygens (including phenoxy) is 1. The van der Waals surface area contributed by atoms with Gasteiger partial charge in [-0.2, -0.15) is 0 Å². The second-order valence-electron chi connectivity index (χ2n) is 2.22. The topological polar surface area (TPSA) is 21.6 Å². The molecule has 0 N–H and O–H groups in total. The van der Waals surface area contributed by atoms with Gasteiger partial charge in [0.05, 0.1) is 0 Å². The molecule has 0 fully saturated rings. The predicted octanol–water partition coefficient (Wildman–Crippen LogP) is 1.89. The van der Waals surface area contributed by atoms with E-state index in [4.69, 9.17) is 4.74 Å². The van der Waals surface area contributed by atoms with Crippen molar-refractivity contribution in [2.24, 2.45) is 4.99 Å². The SMILES string of the molecule is CC=NCCCCCOC. The zero-order chi connectivity index (χ0) is 7.66. The van der Waals surface area contributed by atoms with Gasteiger partial charge < -0.3 is 4.74 Å². The molecule has 0 bridgehead atoms. The lowest BCUT2D eigenvalue weighted by Crippen LogP contribution is -1.89. The summed E-state index contributed by atoms with van der Waals surface area (Å²) in [7, 11) is 1.74. The summed E-state index contributed by atoms with van der Waals surface area (Å²) in [5, 5.41) is 0. The molecule has 60 valence electrons. The van der Waals surface area contributed by atoms with E-state index in [0.717, 1.165) is 19.6 Å². The lowest BCUT2D eigenvalue weighted by atomic mass is 10.2. The van der Waals surface area contributed by atoms with E-state index < -0.39 is 0 Å². The molecule has 0 unspecified atom stereocenters. The highest BCUT2D eigenvalue weighted by Crippen LogP contribution is 1.94. The maximum atomic E-state index is 4.91. The van der Waals surface area contributed by atoms with Gasteiger partial charge in [0, 0.05) is 20.3 Å². The first-order valence-corrected chi connectivity index (χ1v) is 3.85. The summed E-state index contributed by atoms with van der Waals surface area (Å²) < 4.78 is 4.91. The molecule has 0 aromatic carbocycles. The number of hydrogen-bond donors (Lipinski definition) is 0. The quantitative estimate of drug-likeness (QED) is 0.411. The van der Waals surface area contributed by atoms with Crippen LogP contribution in [0.3, 0.4) is 0 Å². The van der Waals surface area contributed by atoms with Crippen LogP contribution in [0, 0.1) is 0 Å². The van der Waals surface area contributed by atoms with Crippen LogP contribution in [-0.2, 0) is 4.74 Å². The van der Waals surface area contributed by atoms with Crippen LogP contribution >= 0.6 is 0 Å². The molecule has 0 radical (unpaired) electrons. The molecule has 0 spiro atoms. The summed E-state index contributed by atoms with van der Waals surface area (Å²) in [6.45, 7) is 3.81. The summed E-state index contributed by atoms with van der Waals surface area (Å²) >= 11 is 0. The van der Waals surface area contributed by atoms with Gasteiger partial charge in [-0.05, 0) is 32.4 Å². The molecule has 0 aliphatic rings. The number of methoxy groups -OCH3 is 1. The highest BCUT2D eigenvalue weighted by molar-refractivity contribution is 5.53. The van der Waals surface area contributed by atoms with Gasteiger partial charge in [0.15, 0.2) is 0 Å². The fourth-order valence-corrected chi connectivity index (χ4v) is 0.755. The van der Waals surface area contributed by atoms with E-state index in [2.05, 4.69) is 4.99 Å². The van der Waals surface area contributed by atoms with E-state index in [1.54, 1.807) is 7.11 Å².